The fourth-order valence-corrected chi connectivity index (χ4v) is 6.02. The minimum absolute atomic E-state index is 0.0575. The average Bonchev–Trinajstić information content (AvgIpc) is 2.37. The zero-order valence-electron chi connectivity index (χ0n) is 11.1. The highest BCUT2D eigenvalue weighted by molar-refractivity contribution is 7.48. The van der Waals surface area contributed by atoms with Gasteiger partial charge < -0.3 is 0 Å². The molecular weight excluding hydrogens is 255 g/mol. The molecule has 0 aromatic heterocycles. The number of hydrogen-bond acceptors (Lipinski definition) is 2. The first-order chi connectivity index (χ1) is 9.22. The van der Waals surface area contributed by atoms with Crippen LogP contribution in [0.2, 0.25) is 0 Å². The molecule has 0 heterocycles. The van der Waals surface area contributed by atoms with Gasteiger partial charge in [0, 0.05) is 0 Å². The molecule has 1 aromatic rings. The van der Waals surface area contributed by atoms with Crippen molar-refractivity contribution >= 4 is 13.3 Å². The molecule has 4 aliphatic carbocycles. The summed E-state index contributed by atoms with van der Waals surface area (Å²) in [5, 5.41) is 0.841. The number of rotatable bonds is 3. The molecule has 4 bridgehead atoms. The van der Waals surface area contributed by atoms with Crippen molar-refractivity contribution in [2.75, 3.05) is 0 Å². The fraction of sp³-hybridized carbons (Fsp3) is 0.625. The molecule has 0 amide bonds. The second-order valence-corrected chi connectivity index (χ2v) is 8.00. The molecule has 0 radical (unpaired) electrons. The van der Waals surface area contributed by atoms with Crippen molar-refractivity contribution in [3.05, 3.63) is 30.3 Å². The zero-order valence-corrected chi connectivity index (χ0v) is 12.0. The summed E-state index contributed by atoms with van der Waals surface area (Å²) < 4.78 is 18.6. The van der Waals surface area contributed by atoms with E-state index in [0.717, 1.165) is 42.3 Å². The molecule has 100 valence electrons. The SMILES string of the molecule is O=[P+](OC12CC3CC(CC(C3)C1)C2)c1ccccc1. The molecule has 0 spiro atoms. The van der Waals surface area contributed by atoms with E-state index in [1.165, 1.54) is 19.3 Å². The van der Waals surface area contributed by atoms with Gasteiger partial charge in [0.05, 0.1) is 0 Å². The van der Waals surface area contributed by atoms with Crippen molar-refractivity contribution in [1.29, 1.82) is 0 Å². The molecule has 1 atom stereocenters. The standard InChI is InChI=1S/C16H20O2P/c17-19(15-4-2-1-3-5-15)18-16-9-12-6-13(10-16)8-14(7-12)11-16/h1-5,12-14H,6-11H2/q+1. The van der Waals surface area contributed by atoms with Crippen LogP contribution in [0.4, 0.5) is 0 Å². The lowest BCUT2D eigenvalue weighted by molar-refractivity contribution is -0.103. The van der Waals surface area contributed by atoms with E-state index in [2.05, 4.69) is 0 Å². The molecule has 4 aliphatic rings. The summed E-state index contributed by atoms with van der Waals surface area (Å²) >= 11 is 0. The van der Waals surface area contributed by atoms with Gasteiger partial charge in [-0.2, -0.15) is 0 Å². The summed E-state index contributed by atoms with van der Waals surface area (Å²) in [6.45, 7) is 0. The molecule has 4 saturated carbocycles. The van der Waals surface area contributed by atoms with Crippen LogP contribution in [0.25, 0.3) is 0 Å². The van der Waals surface area contributed by atoms with E-state index in [1.807, 2.05) is 30.3 Å². The van der Waals surface area contributed by atoms with E-state index in [4.69, 9.17) is 4.52 Å². The zero-order chi connectivity index (χ0) is 12.9. The van der Waals surface area contributed by atoms with E-state index < -0.39 is 8.03 Å². The average molecular weight is 275 g/mol. The Morgan fingerprint density at radius 3 is 2.00 bits per heavy atom. The van der Waals surface area contributed by atoms with Crippen molar-refractivity contribution in [3.8, 4) is 0 Å². The van der Waals surface area contributed by atoms with Crippen molar-refractivity contribution in [3.63, 3.8) is 0 Å². The Morgan fingerprint density at radius 1 is 0.947 bits per heavy atom. The van der Waals surface area contributed by atoms with Gasteiger partial charge in [-0.1, -0.05) is 18.2 Å². The van der Waals surface area contributed by atoms with Crippen LogP contribution in [0.1, 0.15) is 38.5 Å². The molecule has 0 aliphatic heterocycles. The third kappa shape index (κ3) is 2.15. The lowest BCUT2D eigenvalue weighted by Crippen LogP contribution is -2.51. The molecule has 1 aromatic carbocycles. The molecule has 4 fully saturated rings. The van der Waals surface area contributed by atoms with Crippen molar-refractivity contribution in [2.45, 2.75) is 44.1 Å². The third-order valence-corrected chi connectivity index (χ3v) is 6.50. The lowest BCUT2D eigenvalue weighted by Gasteiger charge is -2.53. The summed E-state index contributed by atoms with van der Waals surface area (Å²) in [7, 11) is -1.69. The van der Waals surface area contributed by atoms with Crippen LogP contribution in [0.3, 0.4) is 0 Å². The van der Waals surface area contributed by atoms with Crippen LogP contribution in [-0.4, -0.2) is 5.60 Å². The predicted molar refractivity (Wildman–Crippen MR) is 75.7 cm³/mol. The minimum Gasteiger partial charge on any atom is -0.135 e. The molecule has 3 heteroatoms. The summed E-state index contributed by atoms with van der Waals surface area (Å²) in [6.07, 6.45) is 7.62. The minimum atomic E-state index is -1.69. The summed E-state index contributed by atoms with van der Waals surface area (Å²) in [5.41, 5.74) is -0.0575. The van der Waals surface area contributed by atoms with E-state index in [9.17, 15) is 4.57 Å². The highest BCUT2D eigenvalue weighted by atomic mass is 31.1. The second kappa shape index (κ2) is 4.40. The van der Waals surface area contributed by atoms with Gasteiger partial charge in [0.15, 0.2) is 0 Å². The molecule has 5 rings (SSSR count). The first-order valence-electron chi connectivity index (χ1n) is 7.44. The second-order valence-electron chi connectivity index (χ2n) is 6.78. The van der Waals surface area contributed by atoms with E-state index in [1.54, 1.807) is 0 Å². The molecule has 0 saturated heterocycles. The van der Waals surface area contributed by atoms with Gasteiger partial charge in [-0.25, -0.2) is 0 Å². The van der Waals surface area contributed by atoms with Crippen molar-refractivity contribution in [2.24, 2.45) is 17.8 Å². The molecule has 0 N–H and O–H groups in total. The predicted octanol–water partition coefficient (Wildman–Crippen LogP) is 4.04. The van der Waals surface area contributed by atoms with Gasteiger partial charge in [0.2, 0.25) is 5.30 Å². The Balaban J connectivity index is 1.55. The van der Waals surface area contributed by atoms with E-state index in [0.29, 0.717) is 0 Å². The topological polar surface area (TPSA) is 26.3 Å². The van der Waals surface area contributed by atoms with Crippen LogP contribution >= 0.6 is 8.03 Å². The Labute approximate surface area is 115 Å². The largest absolute Gasteiger partial charge is 0.549 e. The smallest absolute Gasteiger partial charge is 0.135 e. The van der Waals surface area contributed by atoms with Gasteiger partial charge in [-0.15, -0.1) is 4.52 Å². The molecule has 19 heavy (non-hydrogen) atoms. The van der Waals surface area contributed by atoms with Crippen LogP contribution in [-0.2, 0) is 9.09 Å². The van der Waals surface area contributed by atoms with Crippen LogP contribution in [0.5, 0.6) is 0 Å². The Morgan fingerprint density at radius 2 is 1.47 bits per heavy atom. The third-order valence-electron chi connectivity index (χ3n) is 5.23. The maximum atomic E-state index is 12.5. The van der Waals surface area contributed by atoms with Gasteiger partial charge in [-0.05, 0) is 73.0 Å². The van der Waals surface area contributed by atoms with Crippen LogP contribution in [0, 0.1) is 17.8 Å². The Bertz CT molecular complexity index is 461. The quantitative estimate of drug-likeness (QED) is 0.778. The van der Waals surface area contributed by atoms with Crippen molar-refractivity contribution in [1.82, 2.24) is 0 Å². The van der Waals surface area contributed by atoms with E-state index >= 15 is 0 Å². The normalized spacial score (nSPS) is 40.4. The van der Waals surface area contributed by atoms with Gasteiger partial charge >= 0.3 is 8.03 Å². The Hall–Kier alpha value is -0.720. The lowest BCUT2D eigenvalue weighted by atomic mass is 9.54. The van der Waals surface area contributed by atoms with Gasteiger partial charge in [0.25, 0.3) is 0 Å². The number of hydrogen-bond donors (Lipinski definition) is 0. The molecule has 2 nitrogen and oxygen atoms in total. The summed E-state index contributed by atoms with van der Waals surface area (Å²) in [4.78, 5) is 0. The first-order valence-corrected chi connectivity index (χ1v) is 8.62. The Kier molecular flexibility index (Phi) is 2.79. The highest BCUT2D eigenvalue weighted by Gasteiger charge is 2.55. The van der Waals surface area contributed by atoms with Crippen molar-refractivity contribution < 1.29 is 9.09 Å². The van der Waals surface area contributed by atoms with Gasteiger partial charge in [0.1, 0.15) is 5.60 Å². The van der Waals surface area contributed by atoms with Gasteiger partial charge in [-0.3, -0.25) is 0 Å². The fourth-order valence-electron chi connectivity index (χ4n) is 4.92. The van der Waals surface area contributed by atoms with E-state index in [-0.39, 0.29) is 5.60 Å². The van der Waals surface area contributed by atoms with Crippen LogP contribution in [0.15, 0.2) is 30.3 Å². The first kappa shape index (κ1) is 12.1. The highest BCUT2D eigenvalue weighted by Crippen LogP contribution is 2.59. The maximum Gasteiger partial charge on any atom is 0.549 e. The number of benzene rings is 1. The maximum absolute atomic E-state index is 12.5. The van der Waals surface area contributed by atoms with Crippen LogP contribution < -0.4 is 5.30 Å². The molecular formula is C16H20O2P+. The molecule has 1 unspecified atom stereocenters. The summed E-state index contributed by atoms with van der Waals surface area (Å²) in [5.74, 6) is 2.52. The monoisotopic (exact) mass is 275 g/mol. The summed E-state index contributed by atoms with van der Waals surface area (Å²) in [6, 6.07) is 9.66.